The molecule has 0 unspecified atom stereocenters. The van der Waals surface area contributed by atoms with Crippen LogP contribution in [0.25, 0.3) is 0 Å². The number of nitrogens with zero attached hydrogens (tertiary/aromatic N) is 1. The minimum Gasteiger partial charge on any atom is -0.494 e. The summed E-state index contributed by atoms with van der Waals surface area (Å²) < 4.78 is 5.70. The molecule has 1 aromatic heterocycles. The number of aromatic nitrogens is 1. The molecule has 117 valence electrons. The Morgan fingerprint density at radius 3 is 2.50 bits per heavy atom. The zero-order valence-corrected chi connectivity index (χ0v) is 16.1. The molecule has 1 heterocycles. The van der Waals surface area contributed by atoms with E-state index in [1.807, 2.05) is 30.3 Å². The van der Waals surface area contributed by atoms with Crippen LogP contribution in [0.15, 0.2) is 48.7 Å². The van der Waals surface area contributed by atoms with Crippen LogP contribution in [0.1, 0.15) is 18.4 Å². The summed E-state index contributed by atoms with van der Waals surface area (Å²) in [6, 6.07) is 14.1. The Labute approximate surface area is 159 Å². The summed E-state index contributed by atoms with van der Waals surface area (Å²) in [6.07, 6.45) is 4.68. The summed E-state index contributed by atoms with van der Waals surface area (Å²) in [5, 5.41) is 3.26. The van der Waals surface area contributed by atoms with Gasteiger partial charge in [-0.2, -0.15) is 6.42 Å². The third-order valence-corrected chi connectivity index (χ3v) is 2.95. The fraction of sp³-hybridized carbons (Fsp3) is 0.278. The van der Waals surface area contributed by atoms with E-state index in [0.717, 1.165) is 37.4 Å². The van der Waals surface area contributed by atoms with Crippen LogP contribution in [-0.4, -0.2) is 18.1 Å². The molecule has 0 atom stereocenters. The van der Waals surface area contributed by atoms with Crippen LogP contribution in [0.5, 0.6) is 5.75 Å². The number of anilines is 1. The summed E-state index contributed by atoms with van der Waals surface area (Å²) in [5.41, 5.74) is 1.31. The van der Waals surface area contributed by atoms with Crippen molar-refractivity contribution in [3.63, 3.8) is 0 Å². The molecule has 1 aromatic carbocycles. The van der Waals surface area contributed by atoms with Crippen LogP contribution in [-0.2, 0) is 39.1 Å². The number of nitrogens with one attached hydrogen (secondary N) is 1. The second kappa shape index (κ2) is 12.6. The van der Waals surface area contributed by atoms with E-state index in [0.29, 0.717) is 6.61 Å². The molecule has 0 aliphatic carbocycles. The van der Waals surface area contributed by atoms with Gasteiger partial charge in [0.2, 0.25) is 0 Å². The van der Waals surface area contributed by atoms with Gasteiger partial charge in [-0.3, -0.25) is 0 Å². The number of pyridine rings is 1. The average molecular weight is 373 g/mol. The maximum atomic E-state index is 5.70. The van der Waals surface area contributed by atoms with Crippen molar-refractivity contribution in [3.8, 4) is 5.75 Å². The molecular weight excluding hydrogens is 349 g/mol. The van der Waals surface area contributed by atoms with Gasteiger partial charge in [0, 0.05) is 45.5 Å². The first-order chi connectivity index (χ1) is 9.88. The molecule has 0 amide bonds. The normalized spacial score (nSPS) is 9.32. The largest absolute Gasteiger partial charge is 0.494 e. The Bertz CT molecular complexity index is 488. The first-order valence-corrected chi connectivity index (χ1v) is 7.04. The molecule has 1 radical (unpaired) electrons. The summed E-state index contributed by atoms with van der Waals surface area (Å²) in [4.78, 5) is 4.20. The van der Waals surface area contributed by atoms with Crippen molar-refractivity contribution >= 4 is 5.82 Å². The minimum atomic E-state index is 0. The van der Waals surface area contributed by atoms with Crippen molar-refractivity contribution in [2.45, 2.75) is 19.3 Å². The van der Waals surface area contributed by atoms with Crippen LogP contribution in [0.2, 0.25) is 0 Å². The van der Waals surface area contributed by atoms with Crippen molar-refractivity contribution in [2.24, 2.45) is 0 Å². The Hall–Kier alpha value is -0.926. The molecule has 4 heteroatoms. The van der Waals surface area contributed by atoms with E-state index in [-0.39, 0.29) is 40.1 Å². The van der Waals surface area contributed by atoms with E-state index >= 15 is 0 Å². The molecule has 2 aromatic rings. The number of benzene rings is 1. The first kappa shape index (κ1) is 21.1. The van der Waals surface area contributed by atoms with E-state index in [1.165, 1.54) is 5.56 Å². The van der Waals surface area contributed by atoms with Crippen molar-refractivity contribution in [3.05, 3.63) is 68.6 Å². The van der Waals surface area contributed by atoms with Crippen LogP contribution < -0.4 is 10.1 Å². The Balaban J connectivity index is 0.00000220. The minimum absolute atomic E-state index is 0. The fourth-order valence-electron chi connectivity index (χ4n) is 1.90. The molecule has 22 heavy (non-hydrogen) atoms. The number of hydrogen-bond donors (Lipinski definition) is 1. The maximum Gasteiger partial charge on any atom is 0.125 e. The Morgan fingerprint density at radius 1 is 1.09 bits per heavy atom. The van der Waals surface area contributed by atoms with Crippen molar-refractivity contribution < 1.29 is 37.4 Å². The van der Waals surface area contributed by atoms with Gasteiger partial charge in [-0.05, 0) is 30.7 Å². The fourth-order valence-corrected chi connectivity index (χ4v) is 1.90. The number of hydrogen-bond acceptors (Lipinski definition) is 3. The summed E-state index contributed by atoms with van der Waals surface area (Å²) in [6.45, 7) is 5.42. The van der Waals surface area contributed by atoms with Crippen LogP contribution in [0.4, 0.5) is 5.82 Å². The Kier molecular flexibility index (Phi) is 12.1. The standard InChI is InChI=1S/C17H21N2O.CH3.Y/c1-2-6-15-8-10-16(11-9-15)20-14-5-13-19-17-7-3-4-12-18-17;;/h3-4,7-12H,1-2,5-6,13-14H2,(H,18,19);1H3;/q2*-1;. The van der Waals surface area contributed by atoms with Gasteiger partial charge in [0.05, 0.1) is 6.61 Å². The Morgan fingerprint density at radius 2 is 1.86 bits per heavy atom. The molecule has 0 aliphatic rings. The van der Waals surface area contributed by atoms with E-state index < -0.39 is 0 Å². The average Bonchev–Trinajstić information content (AvgIpc) is 2.50. The summed E-state index contributed by atoms with van der Waals surface area (Å²) in [5.74, 6) is 1.83. The SMILES string of the molecule is [CH2-]CCc1ccc(OCCCNc2ccccn2)cc1.[CH3-].[Y]. The molecule has 0 aliphatic heterocycles. The van der Waals surface area contributed by atoms with Gasteiger partial charge < -0.3 is 24.4 Å². The van der Waals surface area contributed by atoms with Crippen molar-refractivity contribution in [2.75, 3.05) is 18.5 Å². The molecular formula is C18H24N2OY-2. The second-order valence-electron chi connectivity index (χ2n) is 4.59. The molecule has 0 saturated heterocycles. The molecule has 0 bridgehead atoms. The number of ether oxygens (including phenoxy) is 1. The maximum absolute atomic E-state index is 5.70. The van der Waals surface area contributed by atoms with Gasteiger partial charge in [0.15, 0.2) is 0 Å². The van der Waals surface area contributed by atoms with Gasteiger partial charge in [-0.1, -0.05) is 30.2 Å². The van der Waals surface area contributed by atoms with E-state index in [1.54, 1.807) is 6.20 Å². The van der Waals surface area contributed by atoms with Gasteiger partial charge >= 0.3 is 0 Å². The monoisotopic (exact) mass is 373 g/mol. The van der Waals surface area contributed by atoms with Gasteiger partial charge in [-0.25, -0.2) is 4.98 Å². The van der Waals surface area contributed by atoms with Gasteiger partial charge in [0.1, 0.15) is 11.6 Å². The molecule has 0 fully saturated rings. The van der Waals surface area contributed by atoms with Crippen LogP contribution in [0, 0.1) is 14.4 Å². The zero-order valence-electron chi connectivity index (χ0n) is 13.3. The molecule has 0 spiro atoms. The summed E-state index contributed by atoms with van der Waals surface area (Å²) in [7, 11) is 0. The molecule has 1 N–H and O–H groups in total. The van der Waals surface area contributed by atoms with E-state index in [9.17, 15) is 0 Å². The first-order valence-electron chi connectivity index (χ1n) is 7.04. The zero-order chi connectivity index (χ0) is 14.0. The second-order valence-corrected chi connectivity index (χ2v) is 4.59. The van der Waals surface area contributed by atoms with Crippen LogP contribution in [0.3, 0.4) is 0 Å². The van der Waals surface area contributed by atoms with E-state index in [4.69, 9.17) is 4.74 Å². The van der Waals surface area contributed by atoms with Crippen molar-refractivity contribution in [1.82, 2.24) is 4.98 Å². The third kappa shape index (κ3) is 7.91. The van der Waals surface area contributed by atoms with E-state index in [2.05, 4.69) is 29.4 Å². The van der Waals surface area contributed by atoms with Crippen LogP contribution >= 0.6 is 0 Å². The summed E-state index contributed by atoms with van der Waals surface area (Å²) >= 11 is 0. The smallest absolute Gasteiger partial charge is 0.125 e. The van der Waals surface area contributed by atoms with Crippen molar-refractivity contribution in [1.29, 1.82) is 0 Å². The van der Waals surface area contributed by atoms with Gasteiger partial charge in [-0.15, -0.1) is 0 Å². The molecule has 2 rings (SSSR count). The predicted molar refractivity (Wildman–Crippen MR) is 89.4 cm³/mol. The number of aryl methyl sites for hydroxylation is 1. The third-order valence-electron chi connectivity index (χ3n) is 2.95. The topological polar surface area (TPSA) is 34.1 Å². The molecule has 3 nitrogen and oxygen atoms in total. The molecule has 0 saturated carbocycles. The predicted octanol–water partition coefficient (Wildman–Crippen LogP) is 4.18. The number of rotatable bonds is 8. The van der Waals surface area contributed by atoms with Gasteiger partial charge in [0.25, 0.3) is 0 Å². The quantitative estimate of drug-likeness (QED) is 0.557.